The van der Waals surface area contributed by atoms with Gasteiger partial charge in [-0.3, -0.25) is 0 Å². The van der Waals surface area contributed by atoms with Gasteiger partial charge < -0.3 is 11.1 Å². The van der Waals surface area contributed by atoms with Gasteiger partial charge in [0.05, 0.1) is 0 Å². The van der Waals surface area contributed by atoms with E-state index in [1.807, 2.05) is 19.1 Å². The molecule has 1 aromatic carbocycles. The molecule has 0 aliphatic heterocycles. The Hall–Kier alpha value is -1.62. The number of nitrogens with two attached hydrogens (primary N) is 1. The molecule has 0 spiro atoms. The lowest BCUT2D eigenvalue weighted by molar-refractivity contribution is 0.855. The lowest BCUT2D eigenvalue weighted by atomic mass is 10.0. The zero-order valence-corrected chi connectivity index (χ0v) is 12.8. The number of hydrogen-bond acceptors (Lipinski definition) is 4. The summed E-state index contributed by atoms with van der Waals surface area (Å²) in [5.41, 5.74) is 9.05. The molecule has 0 saturated carbocycles. The number of nitrogen functional groups attached to an aromatic ring is 1. The fraction of sp³-hybridized carbons (Fsp3) is 0.286. The minimum absolute atomic E-state index is 0.263. The summed E-state index contributed by atoms with van der Waals surface area (Å²) in [5.74, 6) is 1.56. The van der Waals surface area contributed by atoms with Gasteiger partial charge in [-0.05, 0) is 36.6 Å². The Kier molecular flexibility index (Phi) is 4.04. The van der Waals surface area contributed by atoms with Crippen molar-refractivity contribution in [3.8, 4) is 0 Å². The summed E-state index contributed by atoms with van der Waals surface area (Å²) in [5, 5.41) is 3.34. The van der Waals surface area contributed by atoms with Crippen LogP contribution in [0.3, 0.4) is 0 Å². The minimum atomic E-state index is 0.263. The van der Waals surface area contributed by atoms with E-state index in [9.17, 15) is 0 Å². The van der Waals surface area contributed by atoms with Gasteiger partial charge in [-0.1, -0.05) is 29.8 Å². The maximum atomic E-state index is 5.94. The monoisotopic (exact) mass is 320 g/mol. The van der Waals surface area contributed by atoms with Crippen LogP contribution in [0.15, 0.2) is 29.0 Å². The number of halogens is 1. The summed E-state index contributed by atoms with van der Waals surface area (Å²) >= 11 is 3.46. The van der Waals surface area contributed by atoms with Gasteiger partial charge in [-0.25, -0.2) is 9.97 Å². The van der Waals surface area contributed by atoms with E-state index in [-0.39, 0.29) is 5.92 Å². The van der Waals surface area contributed by atoms with Gasteiger partial charge >= 0.3 is 0 Å². The van der Waals surface area contributed by atoms with Crippen LogP contribution in [0.5, 0.6) is 0 Å². The molecule has 0 unspecified atom stereocenters. The molecule has 2 rings (SSSR count). The lowest BCUT2D eigenvalue weighted by Gasteiger charge is -2.16. The molecule has 1 aromatic heterocycles. The molecule has 19 heavy (non-hydrogen) atoms. The number of aromatic nitrogens is 2. The van der Waals surface area contributed by atoms with Crippen molar-refractivity contribution in [2.75, 3.05) is 11.1 Å². The first-order chi connectivity index (χ1) is 8.99. The number of rotatable bonds is 3. The van der Waals surface area contributed by atoms with Gasteiger partial charge in [0.15, 0.2) is 0 Å². The molecule has 0 aliphatic rings. The van der Waals surface area contributed by atoms with E-state index in [1.54, 1.807) is 0 Å². The van der Waals surface area contributed by atoms with Crippen molar-refractivity contribution in [1.82, 2.24) is 9.97 Å². The molecule has 0 fully saturated rings. The molecule has 2 aromatic rings. The van der Waals surface area contributed by atoms with Crippen LogP contribution in [-0.2, 0) is 0 Å². The molecule has 0 bridgehead atoms. The first kappa shape index (κ1) is 13.8. The van der Waals surface area contributed by atoms with Crippen LogP contribution >= 0.6 is 15.9 Å². The maximum Gasteiger partial charge on any atom is 0.139 e. The third kappa shape index (κ3) is 3.04. The largest absolute Gasteiger partial charge is 0.383 e. The highest BCUT2D eigenvalue weighted by molar-refractivity contribution is 9.10. The third-order valence-electron chi connectivity index (χ3n) is 2.93. The van der Waals surface area contributed by atoms with E-state index in [4.69, 9.17) is 5.73 Å². The lowest BCUT2D eigenvalue weighted by Crippen LogP contribution is -2.07. The second-order valence-corrected chi connectivity index (χ2v) is 5.68. The standard InChI is InChI=1S/C14H17BrN4/c1-8(2)12-13(16)17-7-18-14(12)19-11-5-4-10(15)6-9(11)3/h4-8H,1-3H3,(H3,16,17,18,19). The van der Waals surface area contributed by atoms with Gasteiger partial charge in [0, 0.05) is 15.7 Å². The minimum Gasteiger partial charge on any atom is -0.383 e. The summed E-state index contributed by atoms with van der Waals surface area (Å²) in [7, 11) is 0. The van der Waals surface area contributed by atoms with Crippen LogP contribution in [0.4, 0.5) is 17.3 Å². The highest BCUT2D eigenvalue weighted by atomic mass is 79.9. The Bertz CT molecular complexity index is 596. The molecule has 0 radical (unpaired) electrons. The van der Waals surface area contributed by atoms with E-state index in [0.29, 0.717) is 5.82 Å². The van der Waals surface area contributed by atoms with Crippen molar-refractivity contribution >= 4 is 33.3 Å². The van der Waals surface area contributed by atoms with Crippen LogP contribution in [0, 0.1) is 6.92 Å². The molecule has 100 valence electrons. The van der Waals surface area contributed by atoms with Crippen LogP contribution in [0.1, 0.15) is 30.9 Å². The van der Waals surface area contributed by atoms with Crippen molar-refractivity contribution in [3.05, 3.63) is 40.1 Å². The first-order valence-electron chi connectivity index (χ1n) is 6.12. The summed E-state index contributed by atoms with van der Waals surface area (Å²) in [6.07, 6.45) is 1.48. The Morgan fingerprint density at radius 3 is 2.63 bits per heavy atom. The zero-order chi connectivity index (χ0) is 14.0. The number of hydrogen-bond donors (Lipinski definition) is 2. The molecular formula is C14H17BrN4. The number of benzene rings is 1. The summed E-state index contributed by atoms with van der Waals surface area (Å²) in [6, 6.07) is 6.07. The van der Waals surface area contributed by atoms with Crippen LogP contribution in [0.25, 0.3) is 0 Å². The number of anilines is 3. The Labute approximate surface area is 121 Å². The van der Waals surface area contributed by atoms with Crippen LogP contribution < -0.4 is 11.1 Å². The van der Waals surface area contributed by atoms with Crippen molar-refractivity contribution < 1.29 is 0 Å². The van der Waals surface area contributed by atoms with Crippen molar-refractivity contribution in [3.63, 3.8) is 0 Å². The van der Waals surface area contributed by atoms with E-state index in [2.05, 4.69) is 51.1 Å². The molecule has 3 N–H and O–H groups in total. The normalized spacial score (nSPS) is 10.8. The van der Waals surface area contributed by atoms with Crippen LogP contribution in [0.2, 0.25) is 0 Å². The van der Waals surface area contributed by atoms with Gasteiger partial charge in [0.25, 0.3) is 0 Å². The topological polar surface area (TPSA) is 63.8 Å². The summed E-state index contributed by atoms with van der Waals surface area (Å²) in [6.45, 7) is 6.20. The quantitative estimate of drug-likeness (QED) is 0.897. The van der Waals surface area contributed by atoms with Crippen molar-refractivity contribution in [2.24, 2.45) is 0 Å². The maximum absolute atomic E-state index is 5.94. The second-order valence-electron chi connectivity index (χ2n) is 4.76. The molecule has 0 saturated heterocycles. The fourth-order valence-corrected chi connectivity index (χ4v) is 2.45. The average Bonchev–Trinajstić information content (AvgIpc) is 2.32. The van der Waals surface area contributed by atoms with Gasteiger partial charge in [-0.15, -0.1) is 0 Å². The van der Waals surface area contributed by atoms with Gasteiger partial charge in [0.1, 0.15) is 18.0 Å². The first-order valence-corrected chi connectivity index (χ1v) is 6.92. The van der Waals surface area contributed by atoms with E-state index in [0.717, 1.165) is 27.1 Å². The number of nitrogens with one attached hydrogen (secondary N) is 1. The highest BCUT2D eigenvalue weighted by Crippen LogP contribution is 2.30. The fourth-order valence-electron chi connectivity index (χ4n) is 1.97. The third-order valence-corrected chi connectivity index (χ3v) is 3.43. The zero-order valence-electron chi connectivity index (χ0n) is 11.2. The van der Waals surface area contributed by atoms with Crippen molar-refractivity contribution in [2.45, 2.75) is 26.7 Å². The molecule has 5 heteroatoms. The smallest absolute Gasteiger partial charge is 0.139 e. The Balaban J connectivity index is 2.41. The number of nitrogens with zero attached hydrogens (tertiary/aromatic N) is 2. The highest BCUT2D eigenvalue weighted by Gasteiger charge is 2.13. The Morgan fingerprint density at radius 1 is 1.26 bits per heavy atom. The number of aryl methyl sites for hydroxylation is 1. The predicted octanol–water partition coefficient (Wildman–Crippen LogP) is 4.00. The van der Waals surface area contributed by atoms with E-state index >= 15 is 0 Å². The molecule has 0 atom stereocenters. The molecule has 4 nitrogen and oxygen atoms in total. The predicted molar refractivity (Wildman–Crippen MR) is 82.7 cm³/mol. The average molecular weight is 321 g/mol. The van der Waals surface area contributed by atoms with Crippen LogP contribution in [-0.4, -0.2) is 9.97 Å². The summed E-state index contributed by atoms with van der Waals surface area (Å²) in [4.78, 5) is 8.36. The SMILES string of the molecule is Cc1cc(Br)ccc1Nc1ncnc(N)c1C(C)C. The Morgan fingerprint density at radius 2 is 2.00 bits per heavy atom. The van der Waals surface area contributed by atoms with E-state index in [1.165, 1.54) is 6.33 Å². The molecule has 0 amide bonds. The van der Waals surface area contributed by atoms with Gasteiger partial charge in [-0.2, -0.15) is 0 Å². The van der Waals surface area contributed by atoms with Crippen molar-refractivity contribution in [1.29, 1.82) is 0 Å². The van der Waals surface area contributed by atoms with E-state index < -0.39 is 0 Å². The summed E-state index contributed by atoms with van der Waals surface area (Å²) < 4.78 is 1.06. The molecule has 1 heterocycles. The molecular weight excluding hydrogens is 304 g/mol. The van der Waals surface area contributed by atoms with Gasteiger partial charge in [0.2, 0.25) is 0 Å². The molecule has 0 aliphatic carbocycles. The second kappa shape index (κ2) is 5.57.